The summed E-state index contributed by atoms with van der Waals surface area (Å²) in [5, 5.41) is -0.790. The number of nitrogen functional groups attached to an aromatic ring is 1. The van der Waals surface area contributed by atoms with Crippen LogP contribution >= 0.6 is 23.2 Å². The van der Waals surface area contributed by atoms with Gasteiger partial charge in [0, 0.05) is 12.2 Å². The summed E-state index contributed by atoms with van der Waals surface area (Å²) in [7, 11) is -3.98. The first-order valence-electron chi connectivity index (χ1n) is 5.79. The Hall–Kier alpha value is -1.34. The van der Waals surface area contributed by atoms with E-state index >= 15 is 0 Å². The van der Waals surface area contributed by atoms with Crippen molar-refractivity contribution in [1.82, 2.24) is 4.72 Å². The topological polar surface area (TPSA) is 72.2 Å². The molecule has 0 aliphatic carbocycles. The lowest BCUT2D eigenvalue weighted by atomic mass is 10.2. The number of sulfonamides is 1. The number of anilines is 1. The number of para-hydroxylation sites is 1. The van der Waals surface area contributed by atoms with Crippen LogP contribution in [0.5, 0.6) is 0 Å². The van der Waals surface area contributed by atoms with Gasteiger partial charge in [-0.3, -0.25) is 0 Å². The SMILES string of the molecule is Nc1ccccc1CNS(=O)(=O)c1ccc(Cl)c(F)c1Cl. The summed E-state index contributed by atoms with van der Waals surface area (Å²) in [4.78, 5) is -0.374. The van der Waals surface area contributed by atoms with Gasteiger partial charge in [0.15, 0.2) is 5.82 Å². The predicted octanol–water partition coefficient (Wildman–Crippen LogP) is 3.19. The number of nitrogens with two attached hydrogens (primary N) is 1. The van der Waals surface area contributed by atoms with E-state index in [9.17, 15) is 12.8 Å². The van der Waals surface area contributed by atoms with Crippen LogP contribution in [0.3, 0.4) is 0 Å². The molecule has 0 saturated carbocycles. The normalized spacial score (nSPS) is 11.6. The summed E-state index contributed by atoms with van der Waals surface area (Å²) in [5.41, 5.74) is 6.78. The summed E-state index contributed by atoms with van der Waals surface area (Å²) in [6.07, 6.45) is 0. The van der Waals surface area contributed by atoms with E-state index in [1.165, 1.54) is 0 Å². The summed E-state index contributed by atoms with van der Waals surface area (Å²) < 4.78 is 40.2. The Morgan fingerprint density at radius 3 is 2.48 bits per heavy atom. The summed E-state index contributed by atoms with van der Waals surface area (Å²) in [6, 6.07) is 9.08. The van der Waals surface area contributed by atoms with Crippen molar-refractivity contribution in [3.63, 3.8) is 0 Å². The second-order valence-corrected chi connectivity index (χ2v) is 6.72. The molecular weight excluding hydrogens is 338 g/mol. The second-order valence-electron chi connectivity index (χ2n) is 4.20. The molecule has 0 fully saturated rings. The largest absolute Gasteiger partial charge is 0.398 e. The number of hydrogen-bond acceptors (Lipinski definition) is 3. The summed E-state index contributed by atoms with van der Waals surface area (Å²) in [6.45, 7) is -0.0322. The van der Waals surface area contributed by atoms with Gasteiger partial charge in [0.1, 0.15) is 4.90 Å². The average Bonchev–Trinajstić information content (AvgIpc) is 2.44. The Bertz CT molecular complexity index is 782. The summed E-state index contributed by atoms with van der Waals surface area (Å²) >= 11 is 11.2. The van der Waals surface area contributed by atoms with Crippen molar-refractivity contribution >= 4 is 38.9 Å². The lowest BCUT2D eigenvalue weighted by Crippen LogP contribution is -2.24. The fourth-order valence-electron chi connectivity index (χ4n) is 1.66. The second kappa shape index (κ2) is 6.19. The lowest BCUT2D eigenvalue weighted by Gasteiger charge is -2.10. The van der Waals surface area contributed by atoms with Crippen molar-refractivity contribution in [3.05, 3.63) is 57.8 Å². The zero-order valence-electron chi connectivity index (χ0n) is 10.6. The van der Waals surface area contributed by atoms with Gasteiger partial charge in [-0.2, -0.15) is 0 Å². The smallest absolute Gasteiger partial charge is 0.242 e. The molecule has 0 aromatic heterocycles. The molecule has 4 nitrogen and oxygen atoms in total. The highest BCUT2D eigenvalue weighted by atomic mass is 35.5. The number of halogens is 3. The molecule has 0 atom stereocenters. The monoisotopic (exact) mass is 348 g/mol. The van der Waals surface area contributed by atoms with Crippen LogP contribution in [0.4, 0.5) is 10.1 Å². The molecule has 0 radical (unpaired) electrons. The van der Waals surface area contributed by atoms with Gasteiger partial charge in [-0.05, 0) is 23.8 Å². The zero-order chi connectivity index (χ0) is 15.6. The molecule has 0 heterocycles. The molecule has 3 N–H and O–H groups in total. The molecule has 0 spiro atoms. The van der Waals surface area contributed by atoms with Gasteiger partial charge < -0.3 is 5.73 Å². The molecule has 2 aromatic carbocycles. The fraction of sp³-hybridized carbons (Fsp3) is 0.0769. The molecule has 0 bridgehead atoms. The van der Waals surface area contributed by atoms with Crippen molar-refractivity contribution in [2.45, 2.75) is 11.4 Å². The minimum absolute atomic E-state index is 0.0322. The van der Waals surface area contributed by atoms with E-state index in [-0.39, 0.29) is 16.5 Å². The molecule has 8 heteroatoms. The highest BCUT2D eigenvalue weighted by molar-refractivity contribution is 7.89. The quantitative estimate of drug-likeness (QED) is 0.658. The zero-order valence-corrected chi connectivity index (χ0v) is 12.9. The number of rotatable bonds is 4. The highest BCUT2D eigenvalue weighted by Crippen LogP contribution is 2.29. The predicted molar refractivity (Wildman–Crippen MR) is 81.3 cm³/mol. The van der Waals surface area contributed by atoms with Crippen LogP contribution in [-0.4, -0.2) is 8.42 Å². The van der Waals surface area contributed by atoms with E-state index < -0.39 is 20.9 Å². The first kappa shape index (κ1) is 16.0. The van der Waals surface area contributed by atoms with Crippen LogP contribution < -0.4 is 10.5 Å². The molecule has 2 aromatic rings. The molecule has 0 aliphatic rings. The van der Waals surface area contributed by atoms with E-state index in [4.69, 9.17) is 28.9 Å². The first-order chi connectivity index (χ1) is 9.83. The van der Waals surface area contributed by atoms with Crippen molar-refractivity contribution < 1.29 is 12.8 Å². The molecule has 0 saturated heterocycles. The van der Waals surface area contributed by atoms with Crippen molar-refractivity contribution in [2.24, 2.45) is 0 Å². The van der Waals surface area contributed by atoms with E-state index in [2.05, 4.69) is 4.72 Å². The lowest BCUT2D eigenvalue weighted by molar-refractivity contribution is 0.577. The van der Waals surface area contributed by atoms with Crippen LogP contribution in [0.15, 0.2) is 41.3 Å². The minimum atomic E-state index is -3.98. The standard InChI is InChI=1S/C13H11Cl2FN2O2S/c14-9-5-6-11(12(15)13(9)16)21(19,20)18-7-8-3-1-2-4-10(8)17/h1-6,18H,7,17H2. The van der Waals surface area contributed by atoms with Crippen molar-refractivity contribution in [1.29, 1.82) is 0 Å². The number of nitrogens with one attached hydrogen (secondary N) is 1. The molecule has 112 valence electrons. The maximum Gasteiger partial charge on any atom is 0.242 e. The van der Waals surface area contributed by atoms with Crippen molar-refractivity contribution in [2.75, 3.05) is 5.73 Å². The van der Waals surface area contributed by atoms with Crippen LogP contribution in [0.2, 0.25) is 10.0 Å². The Kier molecular flexibility index (Phi) is 4.73. The summed E-state index contributed by atoms with van der Waals surface area (Å²) in [5.74, 6) is -0.972. The highest BCUT2D eigenvalue weighted by Gasteiger charge is 2.21. The third-order valence-corrected chi connectivity index (χ3v) is 5.01. The Morgan fingerprint density at radius 1 is 1.14 bits per heavy atom. The van der Waals surface area contributed by atoms with Gasteiger partial charge in [-0.25, -0.2) is 17.5 Å². The molecule has 0 amide bonds. The van der Waals surface area contributed by atoms with Gasteiger partial charge in [0.05, 0.1) is 10.0 Å². The Balaban J connectivity index is 2.28. The molecule has 0 aliphatic heterocycles. The average molecular weight is 349 g/mol. The Labute approximate surface area is 131 Å². The van der Waals surface area contributed by atoms with E-state index in [0.717, 1.165) is 12.1 Å². The van der Waals surface area contributed by atoms with Gasteiger partial charge in [0.2, 0.25) is 10.0 Å². The first-order valence-corrected chi connectivity index (χ1v) is 8.03. The fourth-order valence-corrected chi connectivity index (χ4v) is 3.41. The number of benzene rings is 2. The van der Waals surface area contributed by atoms with Gasteiger partial charge in [-0.1, -0.05) is 41.4 Å². The third-order valence-electron chi connectivity index (χ3n) is 2.80. The van der Waals surface area contributed by atoms with Gasteiger partial charge >= 0.3 is 0 Å². The van der Waals surface area contributed by atoms with Crippen LogP contribution in [0, 0.1) is 5.82 Å². The van der Waals surface area contributed by atoms with Gasteiger partial charge in [0.25, 0.3) is 0 Å². The third kappa shape index (κ3) is 3.47. The van der Waals surface area contributed by atoms with Crippen LogP contribution in [0.25, 0.3) is 0 Å². The van der Waals surface area contributed by atoms with Crippen LogP contribution in [-0.2, 0) is 16.6 Å². The van der Waals surface area contributed by atoms with E-state index in [1.807, 2.05) is 0 Å². The van der Waals surface area contributed by atoms with Gasteiger partial charge in [-0.15, -0.1) is 0 Å². The maximum atomic E-state index is 13.6. The van der Waals surface area contributed by atoms with Crippen LogP contribution in [0.1, 0.15) is 5.56 Å². The molecule has 21 heavy (non-hydrogen) atoms. The minimum Gasteiger partial charge on any atom is -0.398 e. The Morgan fingerprint density at radius 2 is 1.81 bits per heavy atom. The maximum absolute atomic E-state index is 13.6. The molecule has 0 unspecified atom stereocenters. The number of hydrogen-bond donors (Lipinski definition) is 2. The van der Waals surface area contributed by atoms with Crippen molar-refractivity contribution in [3.8, 4) is 0 Å². The molecular formula is C13H11Cl2FN2O2S. The van der Waals surface area contributed by atoms with E-state index in [0.29, 0.717) is 11.3 Å². The van der Waals surface area contributed by atoms with E-state index in [1.54, 1.807) is 24.3 Å². The molecule has 2 rings (SSSR count).